The molecule has 1 fully saturated rings. The molecule has 5 nitrogen and oxygen atoms in total. The van der Waals surface area contributed by atoms with Gasteiger partial charge in [0.25, 0.3) is 0 Å². The van der Waals surface area contributed by atoms with E-state index in [9.17, 15) is 9.00 Å². The number of likely N-dealkylation sites (tertiary alicyclic amines) is 1. The highest BCUT2D eigenvalue weighted by atomic mass is 32.2. The lowest BCUT2D eigenvalue weighted by molar-refractivity contribution is 0.0158. The Bertz CT molecular complexity index is 659. The van der Waals surface area contributed by atoms with Crippen LogP contribution < -0.4 is 4.72 Å². The first-order chi connectivity index (χ1) is 12.0. The first-order valence-electron chi connectivity index (χ1n) is 9.26. The molecule has 1 heterocycles. The van der Waals surface area contributed by atoms with E-state index in [1.54, 1.807) is 4.90 Å². The van der Waals surface area contributed by atoms with Crippen molar-refractivity contribution in [1.29, 1.82) is 0 Å². The molecule has 1 aliphatic rings. The van der Waals surface area contributed by atoms with Crippen LogP contribution in [0.3, 0.4) is 0 Å². The van der Waals surface area contributed by atoms with Gasteiger partial charge in [-0.3, -0.25) is 0 Å². The Kier molecular flexibility index (Phi) is 6.51. The van der Waals surface area contributed by atoms with E-state index in [-0.39, 0.29) is 16.9 Å². The highest BCUT2D eigenvalue weighted by Crippen LogP contribution is 2.36. The molecule has 1 aromatic rings. The summed E-state index contributed by atoms with van der Waals surface area (Å²) in [6, 6.07) is 8.21. The summed E-state index contributed by atoms with van der Waals surface area (Å²) in [5, 5.41) is 0.0276. The molecule has 1 aliphatic heterocycles. The van der Waals surface area contributed by atoms with Crippen molar-refractivity contribution in [3.8, 4) is 0 Å². The number of rotatable bonds is 4. The number of hydrogen-bond acceptors (Lipinski definition) is 3. The minimum Gasteiger partial charge on any atom is -0.444 e. The van der Waals surface area contributed by atoms with Gasteiger partial charge in [-0.05, 0) is 65.5 Å². The van der Waals surface area contributed by atoms with Gasteiger partial charge in [0.05, 0.1) is 16.5 Å². The zero-order valence-electron chi connectivity index (χ0n) is 16.8. The summed E-state index contributed by atoms with van der Waals surface area (Å²) >= 11 is 0. The van der Waals surface area contributed by atoms with Crippen LogP contribution in [0.4, 0.5) is 4.79 Å². The Balaban J connectivity index is 2.22. The van der Waals surface area contributed by atoms with Crippen molar-refractivity contribution in [3.05, 3.63) is 35.4 Å². The van der Waals surface area contributed by atoms with Gasteiger partial charge >= 0.3 is 6.09 Å². The first-order valence-corrected chi connectivity index (χ1v) is 10.5. The lowest BCUT2D eigenvalue weighted by Gasteiger charge is -2.43. The quantitative estimate of drug-likeness (QED) is 0.862. The number of nitrogens with one attached hydrogen (secondary N) is 1. The van der Waals surface area contributed by atoms with Crippen molar-refractivity contribution < 1.29 is 13.7 Å². The standard InChI is InChI=1S/C20H32N2O3S/c1-15(2)26(24)21-20(17-10-8-7-9-16(17)3)11-13-22(14-12-20)18(23)25-19(4,5)6/h7-10,15,21H,11-14H2,1-6H3. The number of hydrogen-bond donors (Lipinski definition) is 1. The predicted octanol–water partition coefficient (Wildman–Crippen LogP) is 3.88. The van der Waals surface area contributed by atoms with Gasteiger partial charge < -0.3 is 9.64 Å². The molecule has 2 rings (SSSR count). The van der Waals surface area contributed by atoms with Crippen LogP contribution in [-0.4, -0.2) is 39.1 Å². The van der Waals surface area contributed by atoms with Crippen LogP contribution >= 0.6 is 0 Å². The highest BCUT2D eigenvalue weighted by molar-refractivity contribution is 7.83. The molecule has 0 saturated carbocycles. The number of nitrogens with zero attached hydrogens (tertiary/aromatic N) is 1. The van der Waals surface area contributed by atoms with Crippen LogP contribution in [0.2, 0.25) is 0 Å². The highest BCUT2D eigenvalue weighted by Gasteiger charge is 2.40. The zero-order chi connectivity index (χ0) is 19.5. The van der Waals surface area contributed by atoms with Gasteiger partial charge in [0.15, 0.2) is 0 Å². The van der Waals surface area contributed by atoms with Gasteiger partial charge in [0, 0.05) is 18.3 Å². The molecule has 6 heteroatoms. The van der Waals surface area contributed by atoms with E-state index in [0.29, 0.717) is 25.9 Å². The molecule has 0 radical (unpaired) electrons. The molecule has 0 bridgehead atoms. The molecular weight excluding hydrogens is 348 g/mol. The second kappa shape index (κ2) is 8.09. The Labute approximate surface area is 160 Å². The molecule has 0 aromatic heterocycles. The maximum Gasteiger partial charge on any atom is 0.410 e. The Morgan fingerprint density at radius 1 is 1.23 bits per heavy atom. The topological polar surface area (TPSA) is 58.6 Å². The minimum atomic E-state index is -1.14. The van der Waals surface area contributed by atoms with Gasteiger partial charge in [-0.1, -0.05) is 24.3 Å². The fourth-order valence-corrected chi connectivity index (χ4v) is 4.18. The van der Waals surface area contributed by atoms with E-state index < -0.39 is 16.6 Å². The molecular formula is C20H32N2O3S. The fraction of sp³-hybridized carbons (Fsp3) is 0.650. The Morgan fingerprint density at radius 2 is 1.81 bits per heavy atom. The van der Waals surface area contributed by atoms with Crippen molar-refractivity contribution >= 4 is 17.1 Å². The number of aryl methyl sites for hydroxylation is 1. The molecule has 0 aliphatic carbocycles. The molecule has 1 amide bonds. The van der Waals surface area contributed by atoms with E-state index >= 15 is 0 Å². The molecule has 1 unspecified atom stereocenters. The van der Waals surface area contributed by atoms with Crippen molar-refractivity contribution in [2.45, 2.75) is 70.8 Å². The summed E-state index contributed by atoms with van der Waals surface area (Å²) in [6.45, 7) is 12.8. The van der Waals surface area contributed by atoms with Crippen molar-refractivity contribution in [2.24, 2.45) is 0 Å². The van der Waals surface area contributed by atoms with E-state index in [0.717, 1.165) is 5.56 Å². The number of carbonyl (C=O) groups is 1. The molecule has 26 heavy (non-hydrogen) atoms. The normalized spacial score (nSPS) is 18.7. The van der Waals surface area contributed by atoms with E-state index in [1.807, 2.05) is 46.8 Å². The monoisotopic (exact) mass is 380 g/mol. The predicted molar refractivity (Wildman–Crippen MR) is 106 cm³/mol. The van der Waals surface area contributed by atoms with Gasteiger partial charge in [0.2, 0.25) is 0 Å². The lowest BCUT2D eigenvalue weighted by Crippen LogP contribution is -2.54. The van der Waals surface area contributed by atoms with Crippen LogP contribution in [0.1, 0.15) is 58.6 Å². The van der Waals surface area contributed by atoms with Crippen molar-refractivity contribution in [2.75, 3.05) is 13.1 Å². The maximum atomic E-state index is 12.6. The van der Waals surface area contributed by atoms with Crippen LogP contribution in [0.25, 0.3) is 0 Å². The van der Waals surface area contributed by atoms with Gasteiger partial charge in [0.1, 0.15) is 5.60 Å². The average molecular weight is 381 g/mol. The Hall–Kier alpha value is -1.40. The number of carbonyl (C=O) groups excluding carboxylic acids is 1. The number of piperidine rings is 1. The third kappa shape index (κ3) is 5.07. The summed E-state index contributed by atoms with van der Waals surface area (Å²) < 4.78 is 21.5. The smallest absolute Gasteiger partial charge is 0.410 e. The summed E-state index contributed by atoms with van der Waals surface area (Å²) in [5.74, 6) is 0. The molecule has 146 valence electrons. The second-order valence-corrected chi connectivity index (χ2v) is 10.1. The van der Waals surface area contributed by atoms with Gasteiger partial charge in [-0.25, -0.2) is 13.7 Å². The SMILES string of the molecule is Cc1ccccc1C1(NS(=O)C(C)C)CCN(C(=O)OC(C)(C)C)CC1. The third-order valence-electron chi connectivity index (χ3n) is 4.65. The van der Waals surface area contributed by atoms with Crippen LogP contribution in [0, 0.1) is 6.92 Å². The number of ether oxygens (including phenoxy) is 1. The number of amides is 1. The summed E-state index contributed by atoms with van der Waals surface area (Å²) in [4.78, 5) is 14.1. The minimum absolute atomic E-state index is 0.0276. The van der Waals surface area contributed by atoms with Crippen LogP contribution in [-0.2, 0) is 21.3 Å². The van der Waals surface area contributed by atoms with Gasteiger partial charge in [-0.2, -0.15) is 0 Å². The molecule has 1 N–H and O–H groups in total. The summed E-state index contributed by atoms with van der Waals surface area (Å²) in [7, 11) is -1.14. The molecule has 1 saturated heterocycles. The van der Waals surface area contributed by atoms with Gasteiger partial charge in [-0.15, -0.1) is 0 Å². The summed E-state index contributed by atoms with van der Waals surface area (Å²) in [6.07, 6.45) is 1.13. The second-order valence-electron chi connectivity index (χ2n) is 8.31. The van der Waals surface area contributed by atoms with E-state index in [4.69, 9.17) is 4.74 Å². The largest absolute Gasteiger partial charge is 0.444 e. The van der Waals surface area contributed by atoms with Crippen molar-refractivity contribution in [3.63, 3.8) is 0 Å². The summed E-state index contributed by atoms with van der Waals surface area (Å²) in [5.41, 5.74) is 1.45. The third-order valence-corrected chi connectivity index (χ3v) is 6.10. The van der Waals surface area contributed by atoms with E-state index in [2.05, 4.69) is 23.8 Å². The zero-order valence-corrected chi connectivity index (χ0v) is 17.6. The lowest BCUT2D eigenvalue weighted by atomic mass is 9.80. The molecule has 0 spiro atoms. The van der Waals surface area contributed by atoms with Crippen LogP contribution in [0.15, 0.2) is 24.3 Å². The molecule has 1 aromatic carbocycles. The average Bonchev–Trinajstić information content (AvgIpc) is 2.54. The Morgan fingerprint density at radius 3 is 2.31 bits per heavy atom. The first kappa shape index (κ1) is 20.9. The van der Waals surface area contributed by atoms with Crippen molar-refractivity contribution in [1.82, 2.24) is 9.62 Å². The molecule has 1 atom stereocenters. The number of benzene rings is 1. The van der Waals surface area contributed by atoms with E-state index in [1.165, 1.54) is 5.56 Å². The van der Waals surface area contributed by atoms with Crippen LogP contribution in [0.5, 0.6) is 0 Å². The maximum absolute atomic E-state index is 12.6. The fourth-order valence-electron chi connectivity index (χ4n) is 3.24.